The third kappa shape index (κ3) is 3.77. The molecule has 1 aromatic carbocycles. The van der Waals surface area contributed by atoms with Crippen LogP contribution in [0.2, 0.25) is 0 Å². The van der Waals surface area contributed by atoms with Crippen molar-refractivity contribution in [2.75, 3.05) is 24.7 Å². The normalized spacial score (nSPS) is 17.9. The van der Waals surface area contributed by atoms with Gasteiger partial charge < -0.3 is 10.1 Å². The quantitative estimate of drug-likeness (QED) is 0.634. The highest BCUT2D eigenvalue weighted by Crippen LogP contribution is 2.33. The summed E-state index contributed by atoms with van der Waals surface area (Å²) < 4.78 is 6.78. The maximum absolute atomic E-state index is 5.67. The molecular weight excluding hydrogens is 310 g/mol. The summed E-state index contributed by atoms with van der Waals surface area (Å²) in [5, 5.41) is 3.61. The predicted molar refractivity (Wildman–Crippen MR) is 82.5 cm³/mol. The molecule has 1 atom stereocenters. The lowest BCUT2D eigenvalue weighted by atomic mass is 10.0. The molecule has 1 N–H and O–H groups in total. The third-order valence-corrected chi connectivity index (χ3v) is 4.34. The number of thioether (sulfide) groups is 1. The number of rotatable bonds is 6. The Bertz CT molecular complexity index is 411. The average Bonchev–Trinajstić information content (AvgIpc) is 2.39. The van der Waals surface area contributed by atoms with Crippen LogP contribution in [0.3, 0.4) is 0 Å². The summed E-state index contributed by atoms with van der Waals surface area (Å²) in [6.45, 7) is 5.55. The number of hydrogen-bond donors (Lipinski definition) is 1. The molecule has 0 aliphatic carbocycles. The van der Waals surface area contributed by atoms with E-state index < -0.39 is 0 Å². The van der Waals surface area contributed by atoms with Crippen molar-refractivity contribution in [3.05, 3.63) is 40.9 Å². The zero-order valence-electron chi connectivity index (χ0n) is 10.3. The zero-order valence-corrected chi connectivity index (χ0v) is 12.7. The number of benzene rings is 1. The fourth-order valence-corrected chi connectivity index (χ4v) is 3.02. The SMILES string of the molecule is C=CCSCCNC1CCOc2ccc(Br)cc21. The first-order chi connectivity index (χ1) is 8.81. The smallest absolute Gasteiger partial charge is 0.124 e. The molecule has 2 nitrogen and oxygen atoms in total. The van der Waals surface area contributed by atoms with Gasteiger partial charge in [0.15, 0.2) is 0 Å². The number of halogens is 1. The molecule has 0 spiro atoms. The van der Waals surface area contributed by atoms with Gasteiger partial charge in [0.25, 0.3) is 0 Å². The van der Waals surface area contributed by atoms with Gasteiger partial charge >= 0.3 is 0 Å². The highest BCUT2D eigenvalue weighted by atomic mass is 79.9. The second-order valence-electron chi connectivity index (χ2n) is 4.19. The summed E-state index contributed by atoms with van der Waals surface area (Å²) in [4.78, 5) is 0. The lowest BCUT2D eigenvalue weighted by Crippen LogP contribution is -2.28. The Balaban J connectivity index is 1.91. The fourth-order valence-electron chi connectivity index (χ4n) is 2.05. The van der Waals surface area contributed by atoms with E-state index >= 15 is 0 Å². The first kappa shape index (κ1) is 14.0. The van der Waals surface area contributed by atoms with Crippen molar-refractivity contribution < 1.29 is 4.74 Å². The van der Waals surface area contributed by atoms with Gasteiger partial charge in [-0.3, -0.25) is 0 Å². The second kappa shape index (κ2) is 7.22. The summed E-state index contributed by atoms with van der Waals surface area (Å²) in [6.07, 6.45) is 2.99. The van der Waals surface area contributed by atoms with E-state index in [0.29, 0.717) is 6.04 Å². The first-order valence-corrected chi connectivity index (χ1v) is 8.10. The van der Waals surface area contributed by atoms with Crippen LogP contribution in [0.25, 0.3) is 0 Å². The van der Waals surface area contributed by atoms with Crippen LogP contribution < -0.4 is 10.1 Å². The summed E-state index contributed by atoms with van der Waals surface area (Å²) in [6, 6.07) is 6.64. The molecule has 18 heavy (non-hydrogen) atoms. The minimum absolute atomic E-state index is 0.413. The van der Waals surface area contributed by atoms with Gasteiger partial charge in [-0.15, -0.1) is 6.58 Å². The van der Waals surface area contributed by atoms with Gasteiger partial charge in [0.1, 0.15) is 5.75 Å². The average molecular weight is 328 g/mol. The van der Waals surface area contributed by atoms with E-state index in [1.54, 1.807) is 0 Å². The lowest BCUT2D eigenvalue weighted by Gasteiger charge is -2.27. The molecular formula is C14H18BrNOS. The van der Waals surface area contributed by atoms with E-state index in [0.717, 1.165) is 41.3 Å². The van der Waals surface area contributed by atoms with Gasteiger partial charge in [0.05, 0.1) is 6.61 Å². The largest absolute Gasteiger partial charge is 0.493 e. The van der Waals surface area contributed by atoms with Gasteiger partial charge in [-0.05, 0) is 18.2 Å². The van der Waals surface area contributed by atoms with E-state index in [1.807, 2.05) is 30.0 Å². The Labute approximate surface area is 121 Å². The topological polar surface area (TPSA) is 21.3 Å². The molecule has 1 aliphatic rings. The molecule has 98 valence electrons. The van der Waals surface area contributed by atoms with E-state index in [1.165, 1.54) is 5.56 Å². The molecule has 0 saturated heterocycles. The molecule has 0 radical (unpaired) electrons. The molecule has 1 aliphatic heterocycles. The van der Waals surface area contributed by atoms with Crippen molar-refractivity contribution in [3.63, 3.8) is 0 Å². The molecule has 0 saturated carbocycles. The molecule has 1 aromatic rings. The Morgan fingerprint density at radius 2 is 2.44 bits per heavy atom. The van der Waals surface area contributed by atoms with Crippen molar-refractivity contribution in [1.29, 1.82) is 0 Å². The van der Waals surface area contributed by atoms with Crippen LogP contribution in [0, 0.1) is 0 Å². The van der Waals surface area contributed by atoms with Crippen molar-refractivity contribution in [2.45, 2.75) is 12.5 Å². The number of hydrogen-bond acceptors (Lipinski definition) is 3. The Kier molecular flexibility index (Phi) is 5.60. The molecule has 2 rings (SSSR count). The predicted octanol–water partition coefficient (Wildman–Crippen LogP) is 3.78. The Morgan fingerprint density at radius 3 is 3.28 bits per heavy atom. The standard InChI is InChI=1S/C14H18BrNOS/c1-2-8-18-9-6-16-13-5-7-17-14-4-3-11(15)10-12(13)14/h2-4,10,13,16H,1,5-9H2. The summed E-state index contributed by atoms with van der Waals surface area (Å²) in [5.74, 6) is 3.16. The van der Waals surface area contributed by atoms with Gasteiger partial charge in [-0.2, -0.15) is 11.8 Å². The van der Waals surface area contributed by atoms with Crippen LogP contribution >= 0.6 is 27.7 Å². The maximum Gasteiger partial charge on any atom is 0.124 e. The van der Waals surface area contributed by atoms with Crippen molar-refractivity contribution >= 4 is 27.7 Å². The monoisotopic (exact) mass is 327 g/mol. The molecule has 4 heteroatoms. The van der Waals surface area contributed by atoms with Gasteiger partial charge in [-0.1, -0.05) is 22.0 Å². The van der Waals surface area contributed by atoms with Crippen molar-refractivity contribution in [1.82, 2.24) is 5.32 Å². The minimum Gasteiger partial charge on any atom is -0.493 e. The van der Waals surface area contributed by atoms with E-state index in [-0.39, 0.29) is 0 Å². The van der Waals surface area contributed by atoms with Gasteiger partial charge in [0.2, 0.25) is 0 Å². The van der Waals surface area contributed by atoms with Crippen LogP contribution in [0.1, 0.15) is 18.0 Å². The molecule has 1 heterocycles. The number of ether oxygens (including phenoxy) is 1. The van der Waals surface area contributed by atoms with Crippen LogP contribution in [-0.4, -0.2) is 24.7 Å². The highest BCUT2D eigenvalue weighted by molar-refractivity contribution is 9.10. The maximum atomic E-state index is 5.67. The Hall–Kier alpha value is -0.450. The molecule has 0 fully saturated rings. The molecule has 0 bridgehead atoms. The van der Waals surface area contributed by atoms with Crippen LogP contribution in [0.4, 0.5) is 0 Å². The molecule has 1 unspecified atom stereocenters. The number of nitrogens with one attached hydrogen (secondary N) is 1. The Morgan fingerprint density at radius 1 is 1.56 bits per heavy atom. The van der Waals surface area contributed by atoms with Crippen molar-refractivity contribution in [2.24, 2.45) is 0 Å². The molecule has 0 aromatic heterocycles. The van der Waals surface area contributed by atoms with Crippen LogP contribution in [0.5, 0.6) is 5.75 Å². The van der Waals surface area contributed by atoms with E-state index in [2.05, 4.69) is 33.9 Å². The second-order valence-corrected chi connectivity index (χ2v) is 6.26. The first-order valence-electron chi connectivity index (χ1n) is 6.15. The third-order valence-electron chi connectivity index (χ3n) is 2.88. The van der Waals surface area contributed by atoms with Crippen LogP contribution in [0.15, 0.2) is 35.3 Å². The summed E-state index contributed by atoms with van der Waals surface area (Å²) >= 11 is 5.43. The summed E-state index contributed by atoms with van der Waals surface area (Å²) in [5.41, 5.74) is 1.27. The molecule has 0 amide bonds. The van der Waals surface area contributed by atoms with Crippen LogP contribution in [-0.2, 0) is 0 Å². The van der Waals surface area contributed by atoms with Gasteiger partial charge in [-0.25, -0.2) is 0 Å². The lowest BCUT2D eigenvalue weighted by molar-refractivity contribution is 0.254. The number of fused-ring (bicyclic) bond motifs is 1. The zero-order chi connectivity index (χ0) is 12.8. The highest BCUT2D eigenvalue weighted by Gasteiger charge is 2.20. The van der Waals surface area contributed by atoms with E-state index in [4.69, 9.17) is 4.74 Å². The fraction of sp³-hybridized carbons (Fsp3) is 0.429. The van der Waals surface area contributed by atoms with Crippen molar-refractivity contribution in [3.8, 4) is 5.75 Å². The summed E-state index contributed by atoms with van der Waals surface area (Å²) in [7, 11) is 0. The van der Waals surface area contributed by atoms with Gasteiger partial charge in [0, 0.05) is 40.5 Å². The minimum atomic E-state index is 0.413. The van der Waals surface area contributed by atoms with E-state index in [9.17, 15) is 0 Å².